The number of carbonyl (C=O) groups is 1. The van der Waals surface area contributed by atoms with Crippen LogP contribution >= 0.6 is 0 Å². The Kier molecular flexibility index (Phi) is 8.12. The van der Waals surface area contributed by atoms with Crippen molar-refractivity contribution < 1.29 is 17.9 Å². The van der Waals surface area contributed by atoms with E-state index in [0.717, 1.165) is 16.7 Å². The zero-order valence-corrected chi connectivity index (χ0v) is 21.1. The number of sulfonamides is 1. The highest BCUT2D eigenvalue weighted by atomic mass is 32.2. The summed E-state index contributed by atoms with van der Waals surface area (Å²) in [4.78, 5) is 12.6. The molecule has 34 heavy (non-hydrogen) atoms. The predicted octanol–water partition coefficient (Wildman–Crippen LogP) is 4.65. The molecule has 0 aromatic heterocycles. The normalized spacial score (nSPS) is 12.3. The summed E-state index contributed by atoms with van der Waals surface area (Å²) in [6.07, 6.45) is 0. The maximum atomic E-state index is 12.6. The third kappa shape index (κ3) is 6.46. The molecular formula is C27H32N2O4S. The first kappa shape index (κ1) is 25.5. The highest BCUT2D eigenvalue weighted by Gasteiger charge is 2.17. The fourth-order valence-electron chi connectivity index (χ4n) is 3.76. The van der Waals surface area contributed by atoms with Gasteiger partial charge in [-0.2, -0.15) is 0 Å². The van der Waals surface area contributed by atoms with Crippen LogP contribution in [0, 0.1) is 27.7 Å². The number of carbonyl (C=O) groups excluding carboxylic acids is 1. The lowest BCUT2D eigenvalue weighted by molar-refractivity contribution is -0.123. The number of rotatable bonds is 9. The van der Waals surface area contributed by atoms with Crippen molar-refractivity contribution in [3.05, 3.63) is 94.0 Å². The average molecular weight is 481 g/mol. The number of hydrogen-bond acceptors (Lipinski definition) is 4. The number of nitrogens with one attached hydrogen (secondary N) is 2. The van der Waals surface area contributed by atoms with E-state index in [0.29, 0.717) is 11.3 Å². The van der Waals surface area contributed by atoms with Gasteiger partial charge in [0, 0.05) is 6.54 Å². The molecule has 6 nitrogen and oxygen atoms in total. The standard InChI is InChI=1S/C27H32N2O4S/c1-18-13-20(3)25(15-19(18)2)22(5)29-27(30)17-33-26-12-11-24(14-21(26)4)34(31,32)28-16-23-9-7-6-8-10-23/h6-15,22,28H,16-17H2,1-5H3,(H,29,30)/t22-/m0/s1. The van der Waals surface area contributed by atoms with Crippen molar-refractivity contribution in [3.63, 3.8) is 0 Å². The van der Waals surface area contributed by atoms with Crippen molar-refractivity contribution >= 4 is 15.9 Å². The van der Waals surface area contributed by atoms with Crippen LogP contribution in [0.25, 0.3) is 0 Å². The molecule has 0 unspecified atom stereocenters. The second-order valence-electron chi connectivity index (χ2n) is 8.61. The molecule has 0 heterocycles. The Hall–Kier alpha value is -3.16. The van der Waals surface area contributed by atoms with Crippen LogP contribution in [0.1, 0.15) is 46.3 Å². The molecule has 1 amide bonds. The number of amides is 1. The SMILES string of the molecule is Cc1cc(C)c([C@H](C)NC(=O)COc2ccc(S(=O)(=O)NCc3ccccc3)cc2C)cc1C. The Morgan fingerprint density at radius 1 is 0.882 bits per heavy atom. The fraction of sp³-hybridized carbons (Fsp3) is 0.296. The Morgan fingerprint density at radius 2 is 1.56 bits per heavy atom. The molecule has 180 valence electrons. The van der Waals surface area contributed by atoms with Gasteiger partial charge < -0.3 is 10.1 Å². The van der Waals surface area contributed by atoms with Crippen molar-refractivity contribution in [2.24, 2.45) is 0 Å². The van der Waals surface area contributed by atoms with Gasteiger partial charge in [0.2, 0.25) is 10.0 Å². The van der Waals surface area contributed by atoms with E-state index in [1.165, 1.54) is 17.2 Å². The van der Waals surface area contributed by atoms with E-state index in [2.05, 4.69) is 36.0 Å². The molecule has 3 aromatic rings. The first-order valence-corrected chi connectivity index (χ1v) is 12.7. The van der Waals surface area contributed by atoms with Gasteiger partial charge in [0.1, 0.15) is 5.75 Å². The molecule has 0 spiro atoms. The summed E-state index contributed by atoms with van der Waals surface area (Å²) < 4.78 is 33.6. The van der Waals surface area contributed by atoms with Crippen LogP contribution in [-0.4, -0.2) is 20.9 Å². The van der Waals surface area contributed by atoms with E-state index in [9.17, 15) is 13.2 Å². The maximum absolute atomic E-state index is 12.6. The van der Waals surface area contributed by atoms with E-state index < -0.39 is 10.0 Å². The van der Waals surface area contributed by atoms with Crippen molar-refractivity contribution in [1.82, 2.24) is 10.0 Å². The molecule has 0 bridgehead atoms. The van der Waals surface area contributed by atoms with Gasteiger partial charge in [0.15, 0.2) is 6.61 Å². The summed E-state index contributed by atoms with van der Waals surface area (Å²) in [7, 11) is -3.67. The van der Waals surface area contributed by atoms with Gasteiger partial charge in [-0.25, -0.2) is 13.1 Å². The Labute approximate surface area is 202 Å². The number of aryl methyl sites for hydroxylation is 4. The second kappa shape index (κ2) is 10.8. The molecule has 0 saturated carbocycles. The molecule has 7 heteroatoms. The van der Waals surface area contributed by atoms with Crippen molar-refractivity contribution in [3.8, 4) is 5.75 Å². The van der Waals surface area contributed by atoms with Gasteiger partial charge in [-0.05, 0) is 86.2 Å². The Morgan fingerprint density at radius 3 is 2.24 bits per heavy atom. The van der Waals surface area contributed by atoms with E-state index in [1.54, 1.807) is 19.1 Å². The van der Waals surface area contributed by atoms with Crippen LogP contribution in [0.15, 0.2) is 65.6 Å². The molecule has 0 radical (unpaired) electrons. The van der Waals surface area contributed by atoms with Crippen molar-refractivity contribution in [2.75, 3.05) is 6.61 Å². The summed E-state index contributed by atoms with van der Waals surface area (Å²) in [5, 5.41) is 2.97. The molecule has 3 aromatic carbocycles. The number of hydrogen-bond donors (Lipinski definition) is 2. The van der Waals surface area contributed by atoms with Gasteiger partial charge in [-0.3, -0.25) is 4.79 Å². The molecule has 0 aliphatic rings. The highest BCUT2D eigenvalue weighted by molar-refractivity contribution is 7.89. The second-order valence-corrected chi connectivity index (χ2v) is 10.4. The summed E-state index contributed by atoms with van der Waals surface area (Å²) in [5.74, 6) is 0.220. The number of benzene rings is 3. The smallest absolute Gasteiger partial charge is 0.258 e. The van der Waals surface area contributed by atoms with Gasteiger partial charge in [0.05, 0.1) is 10.9 Å². The van der Waals surface area contributed by atoms with Crippen LogP contribution in [0.5, 0.6) is 5.75 Å². The summed E-state index contributed by atoms with van der Waals surface area (Å²) in [6, 6.07) is 18.0. The quantitative estimate of drug-likeness (QED) is 0.467. The van der Waals surface area contributed by atoms with Gasteiger partial charge in [-0.1, -0.05) is 42.5 Å². The fourth-order valence-corrected chi connectivity index (χ4v) is 4.86. The van der Waals surface area contributed by atoms with E-state index >= 15 is 0 Å². The molecule has 0 aliphatic heterocycles. The first-order valence-electron chi connectivity index (χ1n) is 11.2. The Bertz CT molecular complexity index is 1270. The minimum absolute atomic E-state index is 0.150. The molecular weight excluding hydrogens is 448 g/mol. The summed E-state index contributed by atoms with van der Waals surface area (Å²) in [6.45, 7) is 9.91. The highest BCUT2D eigenvalue weighted by Crippen LogP contribution is 2.23. The average Bonchev–Trinajstić information content (AvgIpc) is 2.80. The minimum Gasteiger partial charge on any atom is -0.484 e. The summed E-state index contributed by atoms with van der Waals surface area (Å²) in [5.41, 5.74) is 6.11. The third-order valence-electron chi connectivity index (χ3n) is 5.85. The zero-order chi connectivity index (χ0) is 24.9. The van der Waals surface area contributed by atoms with Crippen molar-refractivity contribution in [1.29, 1.82) is 0 Å². The number of ether oxygens (including phenoxy) is 1. The van der Waals surface area contributed by atoms with E-state index in [1.807, 2.05) is 44.2 Å². The summed E-state index contributed by atoms with van der Waals surface area (Å²) >= 11 is 0. The van der Waals surface area contributed by atoms with Gasteiger partial charge >= 0.3 is 0 Å². The minimum atomic E-state index is -3.67. The Balaban J connectivity index is 1.59. The monoisotopic (exact) mass is 480 g/mol. The largest absolute Gasteiger partial charge is 0.484 e. The maximum Gasteiger partial charge on any atom is 0.258 e. The van der Waals surface area contributed by atoms with Crippen molar-refractivity contribution in [2.45, 2.75) is 52.1 Å². The van der Waals surface area contributed by atoms with Gasteiger partial charge in [-0.15, -0.1) is 0 Å². The lowest BCUT2D eigenvalue weighted by Crippen LogP contribution is -2.31. The van der Waals surface area contributed by atoms with Crippen LogP contribution in [0.2, 0.25) is 0 Å². The van der Waals surface area contributed by atoms with E-state index in [-0.39, 0.29) is 30.0 Å². The lowest BCUT2D eigenvalue weighted by atomic mass is 9.96. The zero-order valence-electron chi connectivity index (χ0n) is 20.3. The molecule has 1 atom stereocenters. The lowest BCUT2D eigenvalue weighted by Gasteiger charge is -2.19. The first-order chi connectivity index (χ1) is 16.1. The molecule has 0 saturated heterocycles. The van der Waals surface area contributed by atoms with Crippen LogP contribution in [0.3, 0.4) is 0 Å². The van der Waals surface area contributed by atoms with Crippen LogP contribution in [0.4, 0.5) is 0 Å². The molecule has 2 N–H and O–H groups in total. The molecule has 3 rings (SSSR count). The van der Waals surface area contributed by atoms with Gasteiger partial charge in [0.25, 0.3) is 5.91 Å². The topological polar surface area (TPSA) is 84.5 Å². The predicted molar refractivity (Wildman–Crippen MR) is 134 cm³/mol. The molecule has 0 aliphatic carbocycles. The van der Waals surface area contributed by atoms with Crippen LogP contribution < -0.4 is 14.8 Å². The third-order valence-corrected chi connectivity index (χ3v) is 7.25. The van der Waals surface area contributed by atoms with Crippen LogP contribution in [-0.2, 0) is 21.4 Å². The molecule has 0 fully saturated rings. The van der Waals surface area contributed by atoms with E-state index in [4.69, 9.17) is 4.74 Å².